The van der Waals surface area contributed by atoms with E-state index in [9.17, 15) is 4.79 Å². The molecule has 0 aromatic heterocycles. The number of rotatable bonds is 4. The Kier molecular flexibility index (Phi) is 4.89. The summed E-state index contributed by atoms with van der Waals surface area (Å²) in [5, 5.41) is 3.28. The highest BCUT2D eigenvalue weighted by molar-refractivity contribution is 5.94. The molecule has 0 saturated heterocycles. The van der Waals surface area contributed by atoms with Crippen LogP contribution < -0.4 is 5.32 Å². The molecule has 1 amide bonds. The van der Waals surface area contributed by atoms with Crippen LogP contribution in [0.25, 0.3) is 0 Å². The van der Waals surface area contributed by atoms with Crippen molar-refractivity contribution in [1.29, 1.82) is 0 Å². The van der Waals surface area contributed by atoms with Gasteiger partial charge in [0.15, 0.2) is 0 Å². The average molecular weight is 265 g/mol. The zero-order valence-corrected chi connectivity index (χ0v) is 12.5. The molecule has 3 nitrogen and oxygen atoms in total. The number of amides is 1. The van der Waals surface area contributed by atoms with E-state index < -0.39 is 0 Å². The fourth-order valence-electron chi connectivity index (χ4n) is 3.42. The minimum atomic E-state index is 0.107. The fraction of sp³-hybridized carbons (Fsp3) is 0.812. The Morgan fingerprint density at radius 3 is 2.79 bits per heavy atom. The number of hydrogen-bond donors (Lipinski definition) is 1. The first-order valence-corrected chi connectivity index (χ1v) is 7.77. The van der Waals surface area contributed by atoms with Crippen LogP contribution in [0.1, 0.15) is 59.3 Å². The lowest BCUT2D eigenvalue weighted by Crippen LogP contribution is -2.44. The molecule has 0 radical (unpaired) electrons. The van der Waals surface area contributed by atoms with E-state index in [1.54, 1.807) is 0 Å². The van der Waals surface area contributed by atoms with Crippen molar-refractivity contribution in [3.63, 3.8) is 0 Å². The summed E-state index contributed by atoms with van der Waals surface area (Å²) in [6.45, 7) is 7.12. The van der Waals surface area contributed by atoms with Gasteiger partial charge in [0.25, 0.3) is 5.91 Å². The Bertz CT molecular complexity index is 362. The summed E-state index contributed by atoms with van der Waals surface area (Å²) in [4.78, 5) is 12.3. The molecule has 108 valence electrons. The molecule has 2 rings (SSSR count). The third-order valence-corrected chi connectivity index (χ3v) is 4.88. The van der Waals surface area contributed by atoms with Crippen molar-refractivity contribution in [3.05, 3.63) is 11.3 Å². The molecule has 1 saturated carbocycles. The van der Waals surface area contributed by atoms with E-state index in [4.69, 9.17) is 4.74 Å². The van der Waals surface area contributed by atoms with Crippen LogP contribution in [-0.4, -0.2) is 18.6 Å². The predicted octanol–water partition coefficient (Wildman–Crippen LogP) is 3.40. The van der Waals surface area contributed by atoms with Gasteiger partial charge in [0.05, 0.1) is 12.2 Å². The molecule has 19 heavy (non-hydrogen) atoms. The Labute approximate surface area is 116 Å². The van der Waals surface area contributed by atoms with Gasteiger partial charge in [-0.1, -0.05) is 33.1 Å². The maximum atomic E-state index is 12.3. The van der Waals surface area contributed by atoms with Gasteiger partial charge in [-0.25, -0.2) is 0 Å². The highest BCUT2D eigenvalue weighted by atomic mass is 16.5. The lowest BCUT2D eigenvalue weighted by molar-refractivity contribution is -0.119. The van der Waals surface area contributed by atoms with Crippen molar-refractivity contribution in [3.8, 4) is 0 Å². The molecule has 3 atom stereocenters. The van der Waals surface area contributed by atoms with Crippen LogP contribution in [0.2, 0.25) is 0 Å². The van der Waals surface area contributed by atoms with E-state index in [0.717, 1.165) is 24.2 Å². The summed E-state index contributed by atoms with van der Waals surface area (Å²) in [5.41, 5.74) is 0.855. The van der Waals surface area contributed by atoms with Crippen LogP contribution in [0.3, 0.4) is 0 Å². The molecular weight excluding hydrogens is 238 g/mol. The second-order valence-electron chi connectivity index (χ2n) is 6.05. The molecule has 1 aliphatic carbocycles. The first-order chi connectivity index (χ1) is 9.13. The van der Waals surface area contributed by atoms with E-state index in [1.807, 2.05) is 6.92 Å². The van der Waals surface area contributed by atoms with E-state index in [2.05, 4.69) is 19.2 Å². The monoisotopic (exact) mass is 265 g/mol. The quantitative estimate of drug-likeness (QED) is 0.846. The highest BCUT2D eigenvalue weighted by Gasteiger charge is 2.31. The lowest BCUT2D eigenvalue weighted by atomic mass is 9.76. The van der Waals surface area contributed by atoms with Gasteiger partial charge < -0.3 is 10.1 Å². The topological polar surface area (TPSA) is 38.3 Å². The first kappa shape index (κ1) is 14.4. The zero-order chi connectivity index (χ0) is 13.8. The Hall–Kier alpha value is -0.990. The highest BCUT2D eigenvalue weighted by Crippen LogP contribution is 2.32. The SMILES string of the molecule is CCC(C)C1CCCCC1NC(=O)C1=C(C)OCC1. The van der Waals surface area contributed by atoms with Crippen molar-refractivity contribution < 1.29 is 9.53 Å². The minimum absolute atomic E-state index is 0.107. The van der Waals surface area contributed by atoms with Crippen LogP contribution >= 0.6 is 0 Å². The first-order valence-electron chi connectivity index (χ1n) is 7.77. The standard InChI is InChI=1S/C16H27NO2/c1-4-11(2)13-7-5-6-8-15(13)17-16(18)14-9-10-19-12(14)3/h11,13,15H,4-10H2,1-3H3,(H,17,18). The van der Waals surface area contributed by atoms with Gasteiger partial charge >= 0.3 is 0 Å². The Morgan fingerprint density at radius 1 is 1.42 bits per heavy atom. The Morgan fingerprint density at radius 2 is 2.16 bits per heavy atom. The number of hydrogen-bond acceptors (Lipinski definition) is 2. The molecule has 0 spiro atoms. The van der Waals surface area contributed by atoms with Crippen molar-refractivity contribution in [1.82, 2.24) is 5.32 Å². The van der Waals surface area contributed by atoms with Crippen LogP contribution in [-0.2, 0) is 9.53 Å². The molecule has 1 heterocycles. The minimum Gasteiger partial charge on any atom is -0.497 e. The van der Waals surface area contributed by atoms with E-state index in [-0.39, 0.29) is 5.91 Å². The molecule has 1 fully saturated rings. The second-order valence-corrected chi connectivity index (χ2v) is 6.05. The van der Waals surface area contributed by atoms with Crippen LogP contribution in [0.5, 0.6) is 0 Å². The maximum Gasteiger partial charge on any atom is 0.250 e. The van der Waals surface area contributed by atoms with E-state index >= 15 is 0 Å². The van der Waals surface area contributed by atoms with Gasteiger partial charge in [0.1, 0.15) is 5.76 Å². The van der Waals surface area contributed by atoms with Gasteiger partial charge in [-0.15, -0.1) is 0 Å². The number of ether oxygens (including phenoxy) is 1. The number of carbonyl (C=O) groups is 1. The maximum absolute atomic E-state index is 12.3. The van der Waals surface area contributed by atoms with E-state index in [0.29, 0.717) is 24.5 Å². The lowest BCUT2D eigenvalue weighted by Gasteiger charge is -2.36. The van der Waals surface area contributed by atoms with Crippen molar-refractivity contribution in [2.45, 2.75) is 65.3 Å². The third-order valence-electron chi connectivity index (χ3n) is 4.88. The number of nitrogens with one attached hydrogen (secondary N) is 1. The Balaban J connectivity index is 1.99. The van der Waals surface area contributed by atoms with Crippen molar-refractivity contribution in [2.24, 2.45) is 11.8 Å². The summed E-state index contributed by atoms with van der Waals surface area (Å²) < 4.78 is 5.39. The molecule has 0 aromatic carbocycles. The van der Waals surface area contributed by atoms with Gasteiger partial charge in [-0.3, -0.25) is 4.79 Å². The molecule has 1 N–H and O–H groups in total. The van der Waals surface area contributed by atoms with Crippen molar-refractivity contribution in [2.75, 3.05) is 6.61 Å². The van der Waals surface area contributed by atoms with Crippen molar-refractivity contribution >= 4 is 5.91 Å². The number of allylic oxidation sites excluding steroid dienone is 1. The average Bonchev–Trinajstić information content (AvgIpc) is 2.85. The summed E-state index contributed by atoms with van der Waals surface area (Å²) in [6.07, 6.45) is 6.90. The van der Waals surface area contributed by atoms with Gasteiger partial charge in [0.2, 0.25) is 0 Å². The van der Waals surface area contributed by atoms with Gasteiger partial charge in [-0.2, -0.15) is 0 Å². The fourth-order valence-corrected chi connectivity index (χ4v) is 3.42. The smallest absolute Gasteiger partial charge is 0.250 e. The van der Waals surface area contributed by atoms with Crippen LogP contribution in [0.15, 0.2) is 11.3 Å². The molecule has 3 heteroatoms. The largest absolute Gasteiger partial charge is 0.497 e. The number of carbonyl (C=O) groups excluding carboxylic acids is 1. The molecule has 2 aliphatic rings. The van der Waals surface area contributed by atoms with Gasteiger partial charge in [-0.05, 0) is 31.6 Å². The van der Waals surface area contributed by atoms with Crippen LogP contribution in [0, 0.1) is 11.8 Å². The summed E-state index contributed by atoms with van der Waals surface area (Å²) in [6, 6.07) is 0.358. The molecule has 0 bridgehead atoms. The zero-order valence-electron chi connectivity index (χ0n) is 12.5. The predicted molar refractivity (Wildman–Crippen MR) is 76.6 cm³/mol. The summed E-state index contributed by atoms with van der Waals surface area (Å²) in [7, 11) is 0. The molecular formula is C16H27NO2. The normalized spacial score (nSPS) is 29.0. The second kappa shape index (κ2) is 6.44. The molecule has 1 aliphatic heterocycles. The van der Waals surface area contributed by atoms with Gasteiger partial charge in [0, 0.05) is 12.5 Å². The van der Waals surface area contributed by atoms with Crippen LogP contribution in [0.4, 0.5) is 0 Å². The van der Waals surface area contributed by atoms with E-state index in [1.165, 1.54) is 25.7 Å². The molecule has 0 aromatic rings. The third kappa shape index (κ3) is 3.31. The summed E-state index contributed by atoms with van der Waals surface area (Å²) >= 11 is 0. The summed E-state index contributed by atoms with van der Waals surface area (Å²) in [5.74, 6) is 2.26. The molecule has 3 unspecified atom stereocenters.